The van der Waals surface area contributed by atoms with Gasteiger partial charge in [0, 0.05) is 5.56 Å². The molecule has 8 nitrogen and oxygen atoms in total. The minimum Gasteiger partial charge on any atom is -0.348 e. The molecule has 146 valence electrons. The minimum atomic E-state index is -4.50. The van der Waals surface area contributed by atoms with Crippen molar-refractivity contribution in [1.29, 1.82) is 0 Å². The molecular formula is C15H16F3N5O3S. The maximum atomic E-state index is 12.8. The minimum absolute atomic E-state index is 0.00501. The fraction of sp³-hybridized carbons (Fsp3) is 0.467. The molecule has 3 rings (SSSR count). The van der Waals surface area contributed by atoms with Gasteiger partial charge in [0.15, 0.2) is 9.84 Å². The summed E-state index contributed by atoms with van der Waals surface area (Å²) in [5.74, 6) is -0.706. The molecule has 1 aliphatic heterocycles. The van der Waals surface area contributed by atoms with Crippen molar-refractivity contribution in [3.63, 3.8) is 0 Å². The zero-order valence-corrected chi connectivity index (χ0v) is 15.0. The molecule has 0 radical (unpaired) electrons. The summed E-state index contributed by atoms with van der Waals surface area (Å²) < 4.78 is 61.5. The van der Waals surface area contributed by atoms with Crippen LogP contribution in [0.1, 0.15) is 18.9 Å². The van der Waals surface area contributed by atoms with E-state index in [1.165, 1.54) is 12.1 Å². The molecule has 2 aromatic rings. The Morgan fingerprint density at radius 2 is 2.11 bits per heavy atom. The lowest BCUT2D eigenvalue weighted by Gasteiger charge is -2.23. The van der Waals surface area contributed by atoms with Gasteiger partial charge in [0.05, 0.1) is 22.6 Å². The molecule has 0 spiro atoms. The van der Waals surface area contributed by atoms with Crippen LogP contribution in [-0.2, 0) is 27.4 Å². The summed E-state index contributed by atoms with van der Waals surface area (Å²) in [5, 5.41) is 13.9. The second kappa shape index (κ2) is 6.59. The zero-order chi connectivity index (χ0) is 19.9. The summed E-state index contributed by atoms with van der Waals surface area (Å²) in [6, 6.07) is 4.46. The predicted octanol–water partition coefficient (Wildman–Crippen LogP) is 1.05. The number of sulfone groups is 1. The first kappa shape index (κ1) is 19.3. The van der Waals surface area contributed by atoms with Crippen molar-refractivity contribution in [3.8, 4) is 11.4 Å². The number of nitrogens with one attached hydrogen (secondary N) is 1. The first-order chi connectivity index (χ1) is 12.5. The summed E-state index contributed by atoms with van der Waals surface area (Å²) in [5.41, 5.74) is -1.59. The smallest absolute Gasteiger partial charge is 0.348 e. The molecule has 2 heterocycles. The molecule has 1 atom stereocenters. The molecule has 1 aromatic heterocycles. The number of alkyl halides is 3. The van der Waals surface area contributed by atoms with Gasteiger partial charge in [0.1, 0.15) is 6.54 Å². The highest BCUT2D eigenvalue weighted by Crippen LogP contribution is 2.31. The van der Waals surface area contributed by atoms with Gasteiger partial charge in [-0.05, 0) is 30.7 Å². The van der Waals surface area contributed by atoms with Crippen LogP contribution in [0.3, 0.4) is 0 Å². The average molecular weight is 403 g/mol. The second-order valence-electron chi connectivity index (χ2n) is 6.67. The molecule has 0 saturated carbocycles. The number of halogens is 3. The first-order valence-electron chi connectivity index (χ1n) is 7.93. The van der Waals surface area contributed by atoms with Gasteiger partial charge in [-0.3, -0.25) is 4.79 Å². The third-order valence-electron chi connectivity index (χ3n) is 4.13. The van der Waals surface area contributed by atoms with Crippen LogP contribution in [0.4, 0.5) is 13.2 Å². The van der Waals surface area contributed by atoms with E-state index in [4.69, 9.17) is 0 Å². The van der Waals surface area contributed by atoms with Crippen LogP contribution in [0.5, 0.6) is 0 Å². The van der Waals surface area contributed by atoms with Gasteiger partial charge in [-0.2, -0.15) is 18.0 Å². The number of tetrazole rings is 1. The molecule has 0 bridgehead atoms. The molecule has 1 N–H and O–H groups in total. The van der Waals surface area contributed by atoms with Crippen molar-refractivity contribution in [2.24, 2.45) is 0 Å². The standard InChI is InChI=1S/C15H16F3N5O3S/c1-14(5-6-27(25,26)9-14)19-12(24)8-23-21-13(20-22-23)10-3-2-4-11(7-10)15(16,17)18/h2-4,7H,5-6,8-9H2,1H3,(H,19,24)/t14-/m0/s1. The van der Waals surface area contributed by atoms with E-state index < -0.39 is 33.0 Å². The lowest BCUT2D eigenvalue weighted by Crippen LogP contribution is -2.48. The van der Waals surface area contributed by atoms with Crippen molar-refractivity contribution >= 4 is 15.7 Å². The molecular weight excluding hydrogens is 387 g/mol. The van der Waals surface area contributed by atoms with E-state index in [1.807, 2.05) is 0 Å². The van der Waals surface area contributed by atoms with E-state index in [1.54, 1.807) is 6.92 Å². The van der Waals surface area contributed by atoms with E-state index in [0.717, 1.165) is 16.9 Å². The number of benzene rings is 1. The highest BCUT2D eigenvalue weighted by atomic mass is 32.2. The van der Waals surface area contributed by atoms with Crippen molar-refractivity contribution < 1.29 is 26.4 Å². The van der Waals surface area contributed by atoms with Gasteiger partial charge < -0.3 is 5.32 Å². The summed E-state index contributed by atoms with van der Waals surface area (Å²) in [6.45, 7) is 1.31. The maximum Gasteiger partial charge on any atom is 0.416 e. The van der Waals surface area contributed by atoms with E-state index in [0.29, 0.717) is 6.42 Å². The van der Waals surface area contributed by atoms with Gasteiger partial charge in [-0.1, -0.05) is 12.1 Å². The SMILES string of the molecule is C[C@]1(NC(=O)Cn2nnc(-c3cccc(C(F)(F)F)c3)n2)CCS(=O)(=O)C1. The van der Waals surface area contributed by atoms with E-state index in [-0.39, 0.29) is 29.4 Å². The molecule has 1 aromatic carbocycles. The molecule has 0 aliphatic carbocycles. The third kappa shape index (κ3) is 4.62. The van der Waals surface area contributed by atoms with E-state index in [9.17, 15) is 26.4 Å². The third-order valence-corrected chi connectivity index (χ3v) is 6.03. The first-order valence-corrected chi connectivity index (χ1v) is 9.75. The monoisotopic (exact) mass is 403 g/mol. The Morgan fingerprint density at radius 3 is 2.74 bits per heavy atom. The van der Waals surface area contributed by atoms with E-state index in [2.05, 4.69) is 20.7 Å². The van der Waals surface area contributed by atoms with Crippen LogP contribution in [-0.4, -0.2) is 51.6 Å². The summed E-state index contributed by atoms with van der Waals surface area (Å²) in [4.78, 5) is 13.1. The van der Waals surface area contributed by atoms with Crippen LogP contribution in [0.2, 0.25) is 0 Å². The highest BCUT2D eigenvalue weighted by molar-refractivity contribution is 7.91. The Kier molecular flexibility index (Phi) is 4.70. The van der Waals surface area contributed by atoms with Gasteiger partial charge >= 0.3 is 6.18 Å². The molecule has 0 unspecified atom stereocenters. The summed E-state index contributed by atoms with van der Waals surface area (Å²) >= 11 is 0. The van der Waals surface area contributed by atoms with Crippen molar-refractivity contribution in [2.75, 3.05) is 11.5 Å². The lowest BCUT2D eigenvalue weighted by molar-refractivity contribution is -0.137. The van der Waals surface area contributed by atoms with Crippen molar-refractivity contribution in [3.05, 3.63) is 29.8 Å². The van der Waals surface area contributed by atoms with Crippen molar-refractivity contribution in [2.45, 2.75) is 31.6 Å². The number of aromatic nitrogens is 4. The fourth-order valence-electron chi connectivity index (χ4n) is 2.87. The quantitative estimate of drug-likeness (QED) is 0.818. The molecule has 1 fully saturated rings. The summed E-state index contributed by atoms with van der Waals surface area (Å²) in [7, 11) is -3.18. The topological polar surface area (TPSA) is 107 Å². The molecule has 1 aliphatic rings. The molecule has 12 heteroatoms. The van der Waals surface area contributed by atoms with Crippen LogP contribution >= 0.6 is 0 Å². The number of carbonyl (C=O) groups excluding carboxylic acids is 1. The van der Waals surface area contributed by atoms with Crippen molar-refractivity contribution in [1.82, 2.24) is 25.5 Å². The molecule has 1 saturated heterocycles. The fourth-order valence-corrected chi connectivity index (χ4v) is 4.97. The Morgan fingerprint density at radius 1 is 1.37 bits per heavy atom. The van der Waals surface area contributed by atoms with Gasteiger partial charge in [-0.15, -0.1) is 10.2 Å². The Balaban J connectivity index is 1.69. The second-order valence-corrected chi connectivity index (χ2v) is 8.86. The normalized spacial score (nSPS) is 21.9. The number of hydrogen-bond acceptors (Lipinski definition) is 6. The number of carbonyl (C=O) groups is 1. The molecule has 1 amide bonds. The average Bonchev–Trinajstić information content (AvgIpc) is 3.10. The van der Waals surface area contributed by atoms with Crippen LogP contribution in [0.25, 0.3) is 11.4 Å². The molecule has 27 heavy (non-hydrogen) atoms. The predicted molar refractivity (Wildman–Crippen MR) is 88.1 cm³/mol. The maximum absolute atomic E-state index is 12.8. The van der Waals surface area contributed by atoms with Gasteiger partial charge in [0.25, 0.3) is 0 Å². The summed E-state index contributed by atoms with van der Waals surface area (Å²) in [6.07, 6.45) is -4.19. The number of amides is 1. The Hall–Kier alpha value is -2.50. The Labute approximate surface area is 152 Å². The number of hydrogen-bond donors (Lipinski definition) is 1. The number of rotatable bonds is 4. The zero-order valence-electron chi connectivity index (χ0n) is 14.2. The van der Waals surface area contributed by atoms with Crippen LogP contribution in [0, 0.1) is 0 Å². The lowest BCUT2D eigenvalue weighted by atomic mass is 10.0. The van der Waals surface area contributed by atoms with Crippen LogP contribution in [0.15, 0.2) is 24.3 Å². The van der Waals surface area contributed by atoms with Gasteiger partial charge in [0.2, 0.25) is 11.7 Å². The highest BCUT2D eigenvalue weighted by Gasteiger charge is 2.39. The van der Waals surface area contributed by atoms with Gasteiger partial charge in [-0.25, -0.2) is 8.42 Å². The number of nitrogens with zero attached hydrogens (tertiary/aromatic N) is 4. The Bertz CT molecular complexity index is 973. The van der Waals surface area contributed by atoms with E-state index >= 15 is 0 Å². The van der Waals surface area contributed by atoms with Crippen LogP contribution < -0.4 is 5.32 Å². The largest absolute Gasteiger partial charge is 0.416 e.